The van der Waals surface area contributed by atoms with Crippen molar-refractivity contribution in [2.75, 3.05) is 10.5 Å². The van der Waals surface area contributed by atoms with Crippen LogP contribution in [0.2, 0.25) is 10.0 Å². The van der Waals surface area contributed by atoms with E-state index in [2.05, 4.69) is 4.72 Å². The molecule has 0 fully saturated rings. The highest BCUT2D eigenvalue weighted by molar-refractivity contribution is 7.92. The highest BCUT2D eigenvalue weighted by atomic mass is 35.5. The number of ether oxygens (including phenoxy) is 1. The number of carboxylic acid groups (broad SMARTS) is 1. The molecule has 6 nitrogen and oxygen atoms in total. The summed E-state index contributed by atoms with van der Waals surface area (Å²) in [6, 6.07) is 9.25. The molecule has 0 aliphatic heterocycles. The molecule has 0 unspecified atom stereocenters. The lowest BCUT2D eigenvalue weighted by molar-refractivity contribution is -0.136. The van der Waals surface area contributed by atoms with Gasteiger partial charge in [0, 0.05) is 5.69 Å². The molecule has 0 saturated carbocycles. The first-order valence-electron chi connectivity index (χ1n) is 8.18. The van der Waals surface area contributed by atoms with E-state index in [1.807, 2.05) is 6.92 Å². The van der Waals surface area contributed by atoms with Crippen LogP contribution in [0.3, 0.4) is 0 Å². The highest BCUT2D eigenvalue weighted by Gasteiger charge is 2.13. The van der Waals surface area contributed by atoms with Crippen LogP contribution >= 0.6 is 23.2 Å². The molecule has 2 rings (SSSR count). The lowest BCUT2D eigenvalue weighted by Gasteiger charge is -2.12. The standard InChI is InChI=1S/C18H19Cl2NO5S/c1-2-3-8-27(24,25)21-13-4-6-14(7-5-13)26-18-15(19)9-12(10-16(18)20)11-17(22)23/h4-7,9-10,21H,2-3,8,11H2,1H3,(H,22,23). The lowest BCUT2D eigenvalue weighted by Crippen LogP contribution is -2.16. The molecule has 27 heavy (non-hydrogen) atoms. The molecule has 0 spiro atoms. The van der Waals surface area contributed by atoms with E-state index in [0.717, 1.165) is 6.42 Å². The van der Waals surface area contributed by atoms with Crippen molar-refractivity contribution < 1.29 is 23.1 Å². The van der Waals surface area contributed by atoms with Gasteiger partial charge in [0.2, 0.25) is 10.0 Å². The van der Waals surface area contributed by atoms with Gasteiger partial charge in [0.05, 0.1) is 22.2 Å². The van der Waals surface area contributed by atoms with Crippen molar-refractivity contribution in [1.29, 1.82) is 0 Å². The molecule has 0 heterocycles. The number of carbonyl (C=O) groups is 1. The topological polar surface area (TPSA) is 92.7 Å². The summed E-state index contributed by atoms with van der Waals surface area (Å²) in [6.45, 7) is 1.92. The van der Waals surface area contributed by atoms with Crippen molar-refractivity contribution in [2.45, 2.75) is 26.2 Å². The largest absolute Gasteiger partial charge is 0.481 e. The Morgan fingerprint density at radius 1 is 1.15 bits per heavy atom. The van der Waals surface area contributed by atoms with Gasteiger partial charge in [-0.05, 0) is 48.4 Å². The number of hydrogen-bond donors (Lipinski definition) is 2. The van der Waals surface area contributed by atoms with Crippen LogP contribution in [0.25, 0.3) is 0 Å². The maximum Gasteiger partial charge on any atom is 0.307 e. The maximum absolute atomic E-state index is 11.9. The molecule has 0 aliphatic carbocycles. The fourth-order valence-corrected chi connectivity index (χ4v) is 4.14. The fourth-order valence-electron chi connectivity index (χ4n) is 2.26. The van der Waals surface area contributed by atoms with Crippen molar-refractivity contribution >= 4 is 44.9 Å². The molecule has 0 bridgehead atoms. The Morgan fingerprint density at radius 2 is 1.74 bits per heavy atom. The van der Waals surface area contributed by atoms with E-state index in [0.29, 0.717) is 23.4 Å². The van der Waals surface area contributed by atoms with Crippen LogP contribution in [0, 0.1) is 0 Å². The smallest absolute Gasteiger partial charge is 0.307 e. The third-order valence-corrected chi connectivity index (χ3v) is 5.46. The summed E-state index contributed by atoms with van der Waals surface area (Å²) in [5.74, 6) is -0.326. The number of hydrogen-bond acceptors (Lipinski definition) is 4. The van der Waals surface area contributed by atoms with Gasteiger partial charge >= 0.3 is 5.97 Å². The summed E-state index contributed by atoms with van der Waals surface area (Å²) in [5.41, 5.74) is 0.883. The van der Waals surface area contributed by atoms with Crippen LogP contribution in [0.15, 0.2) is 36.4 Å². The molecule has 0 radical (unpaired) electrons. The molecule has 2 aromatic rings. The number of unbranched alkanes of at least 4 members (excludes halogenated alkanes) is 1. The number of nitrogens with one attached hydrogen (secondary N) is 1. The third-order valence-electron chi connectivity index (χ3n) is 3.53. The van der Waals surface area contributed by atoms with Gasteiger partial charge in [-0.1, -0.05) is 36.5 Å². The second-order valence-electron chi connectivity index (χ2n) is 5.86. The first-order chi connectivity index (χ1) is 12.7. The highest BCUT2D eigenvalue weighted by Crippen LogP contribution is 2.37. The Bertz CT molecular complexity index is 891. The molecule has 146 valence electrons. The van der Waals surface area contributed by atoms with Crippen LogP contribution in [0.1, 0.15) is 25.3 Å². The van der Waals surface area contributed by atoms with Crippen LogP contribution in [0.5, 0.6) is 11.5 Å². The van der Waals surface area contributed by atoms with Gasteiger partial charge in [-0.25, -0.2) is 8.42 Å². The minimum Gasteiger partial charge on any atom is -0.481 e. The molecule has 0 aliphatic rings. The monoisotopic (exact) mass is 431 g/mol. The second-order valence-corrected chi connectivity index (χ2v) is 8.52. The van der Waals surface area contributed by atoms with Crippen molar-refractivity contribution in [2.24, 2.45) is 0 Å². The molecule has 0 aromatic heterocycles. The SMILES string of the molecule is CCCCS(=O)(=O)Nc1ccc(Oc2c(Cl)cc(CC(=O)O)cc2Cl)cc1. The van der Waals surface area contributed by atoms with Crippen molar-refractivity contribution in [3.63, 3.8) is 0 Å². The first kappa shape index (κ1) is 21.3. The first-order valence-corrected chi connectivity index (χ1v) is 10.6. The zero-order chi connectivity index (χ0) is 20.0. The van der Waals surface area contributed by atoms with E-state index in [4.69, 9.17) is 33.0 Å². The van der Waals surface area contributed by atoms with Crippen molar-refractivity contribution in [3.05, 3.63) is 52.0 Å². The number of benzene rings is 2. The van der Waals surface area contributed by atoms with E-state index >= 15 is 0 Å². The number of carboxylic acids is 1. The Hall–Kier alpha value is -1.96. The van der Waals surface area contributed by atoms with Crippen molar-refractivity contribution in [3.8, 4) is 11.5 Å². The maximum atomic E-state index is 11.9. The van der Waals surface area contributed by atoms with E-state index in [1.54, 1.807) is 24.3 Å². The summed E-state index contributed by atoms with van der Waals surface area (Å²) in [4.78, 5) is 10.8. The molecular weight excluding hydrogens is 413 g/mol. The molecule has 0 saturated heterocycles. The van der Waals surface area contributed by atoms with E-state index in [1.165, 1.54) is 12.1 Å². The normalized spacial score (nSPS) is 11.2. The zero-order valence-electron chi connectivity index (χ0n) is 14.5. The van der Waals surface area contributed by atoms with Crippen molar-refractivity contribution in [1.82, 2.24) is 0 Å². The predicted molar refractivity (Wildman–Crippen MR) is 107 cm³/mol. The van der Waals surface area contributed by atoms with Gasteiger partial charge < -0.3 is 9.84 Å². The average molecular weight is 432 g/mol. The van der Waals surface area contributed by atoms with Gasteiger partial charge in [-0.15, -0.1) is 0 Å². The molecular formula is C18H19Cl2NO5S. The molecule has 0 atom stereocenters. The summed E-state index contributed by atoms with van der Waals surface area (Å²) >= 11 is 12.3. The summed E-state index contributed by atoms with van der Waals surface area (Å²) < 4.78 is 32.0. The summed E-state index contributed by atoms with van der Waals surface area (Å²) in [5, 5.41) is 9.21. The zero-order valence-corrected chi connectivity index (χ0v) is 16.9. The van der Waals surface area contributed by atoms with Gasteiger partial charge in [-0.2, -0.15) is 0 Å². The van der Waals surface area contributed by atoms with Gasteiger partial charge in [0.15, 0.2) is 5.75 Å². The Kier molecular flexibility index (Phi) is 7.35. The third kappa shape index (κ3) is 6.61. The van der Waals surface area contributed by atoms with Crippen LogP contribution in [-0.4, -0.2) is 25.2 Å². The Labute approximate surface area is 168 Å². The van der Waals surface area contributed by atoms with Gasteiger partial charge in [0.25, 0.3) is 0 Å². The number of aliphatic carboxylic acids is 1. The second kappa shape index (κ2) is 9.30. The number of halogens is 2. The lowest BCUT2D eigenvalue weighted by atomic mass is 10.1. The Morgan fingerprint density at radius 3 is 2.26 bits per heavy atom. The average Bonchev–Trinajstić information content (AvgIpc) is 2.57. The Balaban J connectivity index is 2.11. The molecule has 2 aromatic carbocycles. The number of anilines is 1. The quantitative estimate of drug-likeness (QED) is 0.585. The molecule has 2 N–H and O–H groups in total. The summed E-state index contributed by atoms with van der Waals surface area (Å²) in [6.07, 6.45) is 1.18. The predicted octanol–water partition coefficient (Wildman–Crippen LogP) is 4.95. The van der Waals surface area contributed by atoms with Gasteiger partial charge in [0.1, 0.15) is 5.75 Å². The molecule has 0 amide bonds. The van der Waals surface area contributed by atoms with E-state index in [9.17, 15) is 13.2 Å². The van der Waals surface area contributed by atoms with E-state index in [-0.39, 0.29) is 28.0 Å². The number of sulfonamides is 1. The number of rotatable bonds is 9. The minimum absolute atomic E-state index is 0.0651. The van der Waals surface area contributed by atoms with E-state index < -0.39 is 16.0 Å². The summed E-state index contributed by atoms with van der Waals surface area (Å²) in [7, 11) is -3.38. The minimum atomic E-state index is -3.38. The fraction of sp³-hybridized carbons (Fsp3) is 0.278. The molecule has 9 heteroatoms. The van der Waals surface area contributed by atoms with Gasteiger partial charge in [-0.3, -0.25) is 9.52 Å². The van der Waals surface area contributed by atoms with Crippen LogP contribution < -0.4 is 9.46 Å². The van der Waals surface area contributed by atoms with Crippen LogP contribution in [-0.2, 0) is 21.2 Å². The van der Waals surface area contributed by atoms with Crippen LogP contribution in [0.4, 0.5) is 5.69 Å².